The summed E-state index contributed by atoms with van der Waals surface area (Å²) in [7, 11) is 1.77. The summed E-state index contributed by atoms with van der Waals surface area (Å²) in [6.45, 7) is 4.34. The van der Waals surface area contributed by atoms with Crippen LogP contribution >= 0.6 is 0 Å². The molecule has 2 heterocycles. The Bertz CT molecular complexity index is 842. The first kappa shape index (κ1) is 22.1. The van der Waals surface area contributed by atoms with E-state index < -0.39 is 0 Å². The summed E-state index contributed by atoms with van der Waals surface area (Å²) in [4.78, 5) is 16.1. The van der Waals surface area contributed by atoms with Gasteiger partial charge in [-0.3, -0.25) is 9.79 Å². The third-order valence-corrected chi connectivity index (χ3v) is 5.04. The molecule has 162 valence electrons. The summed E-state index contributed by atoms with van der Waals surface area (Å²) in [6, 6.07) is 13.5. The van der Waals surface area contributed by atoms with Crippen LogP contribution < -0.4 is 16.2 Å². The summed E-state index contributed by atoms with van der Waals surface area (Å²) in [5, 5.41) is 6.63. The number of benzene rings is 1. The Morgan fingerprint density at radius 2 is 2.03 bits per heavy atom. The van der Waals surface area contributed by atoms with Gasteiger partial charge >= 0.3 is 0 Å². The van der Waals surface area contributed by atoms with Gasteiger partial charge in [0, 0.05) is 45.6 Å². The van der Waals surface area contributed by atoms with Gasteiger partial charge in [0.2, 0.25) is 0 Å². The van der Waals surface area contributed by atoms with E-state index >= 15 is 0 Å². The number of aliphatic imine (C=N–C) groups is 1. The van der Waals surface area contributed by atoms with Crippen LogP contribution in [0.1, 0.15) is 30.4 Å². The van der Waals surface area contributed by atoms with Crippen LogP contribution in [0.4, 0.5) is 0 Å². The molecule has 1 aromatic heterocycles. The fourth-order valence-electron chi connectivity index (χ4n) is 3.33. The Morgan fingerprint density at radius 3 is 2.77 bits per heavy atom. The van der Waals surface area contributed by atoms with E-state index in [2.05, 4.69) is 39.9 Å². The Labute approximate surface area is 178 Å². The smallest absolute Gasteiger partial charge is 0.250 e. The average Bonchev–Trinajstić information content (AvgIpc) is 3.29. The van der Waals surface area contributed by atoms with Crippen molar-refractivity contribution in [2.75, 3.05) is 33.4 Å². The number of aromatic nitrogens is 1. The van der Waals surface area contributed by atoms with Crippen molar-refractivity contribution in [3.8, 4) is 0 Å². The molecule has 0 radical (unpaired) electrons. The predicted octanol–water partition coefficient (Wildman–Crippen LogP) is 2.15. The van der Waals surface area contributed by atoms with Gasteiger partial charge in [-0.2, -0.15) is 0 Å². The zero-order chi connectivity index (χ0) is 21.0. The zero-order valence-electron chi connectivity index (χ0n) is 17.7. The molecule has 1 unspecified atom stereocenters. The minimum atomic E-state index is 0.00962. The SMILES string of the molecule is CN=C(NCCCOCC1CCCO1)NCc1ccc(Cn2ccccc2=O)cc1. The highest BCUT2D eigenvalue weighted by atomic mass is 16.5. The van der Waals surface area contributed by atoms with Gasteiger partial charge in [-0.05, 0) is 36.5 Å². The second-order valence-corrected chi connectivity index (χ2v) is 7.40. The fraction of sp³-hybridized carbons (Fsp3) is 0.478. The third kappa shape index (κ3) is 7.31. The standard InChI is InChI=1S/C23H32N4O3/c1-24-23(25-12-5-14-29-18-21-6-4-15-30-21)26-16-19-8-10-20(11-9-19)17-27-13-3-2-7-22(27)28/h2-3,7-11,13,21H,4-6,12,14-18H2,1H3,(H2,24,25,26). The molecule has 0 aliphatic carbocycles. The maximum atomic E-state index is 11.8. The average molecular weight is 413 g/mol. The normalized spacial score (nSPS) is 16.6. The molecule has 7 heteroatoms. The van der Waals surface area contributed by atoms with Crippen LogP contribution in [0.25, 0.3) is 0 Å². The lowest BCUT2D eigenvalue weighted by atomic mass is 10.1. The van der Waals surface area contributed by atoms with Crippen molar-refractivity contribution in [2.24, 2.45) is 4.99 Å². The number of guanidine groups is 1. The number of hydrogen-bond acceptors (Lipinski definition) is 4. The topological polar surface area (TPSA) is 76.9 Å². The van der Waals surface area contributed by atoms with Crippen LogP contribution in [0.15, 0.2) is 58.4 Å². The third-order valence-electron chi connectivity index (χ3n) is 5.04. The molecule has 0 amide bonds. The van der Waals surface area contributed by atoms with Crippen molar-refractivity contribution in [1.82, 2.24) is 15.2 Å². The maximum absolute atomic E-state index is 11.8. The summed E-state index contributed by atoms with van der Waals surface area (Å²) in [5.74, 6) is 0.772. The molecule has 7 nitrogen and oxygen atoms in total. The van der Waals surface area contributed by atoms with Crippen LogP contribution in [0.3, 0.4) is 0 Å². The van der Waals surface area contributed by atoms with E-state index in [9.17, 15) is 4.79 Å². The summed E-state index contributed by atoms with van der Waals surface area (Å²) >= 11 is 0. The van der Waals surface area contributed by atoms with Crippen molar-refractivity contribution in [3.63, 3.8) is 0 Å². The first-order chi connectivity index (χ1) is 14.7. The molecule has 1 fully saturated rings. The second kappa shape index (κ2) is 12.1. The highest BCUT2D eigenvalue weighted by Gasteiger charge is 2.14. The van der Waals surface area contributed by atoms with Crippen LogP contribution in [0.5, 0.6) is 0 Å². The van der Waals surface area contributed by atoms with E-state index in [1.807, 2.05) is 6.07 Å². The largest absolute Gasteiger partial charge is 0.379 e. The van der Waals surface area contributed by atoms with Crippen molar-refractivity contribution in [3.05, 3.63) is 70.1 Å². The molecule has 1 atom stereocenters. The number of pyridine rings is 1. The minimum absolute atomic E-state index is 0.00962. The Kier molecular flexibility index (Phi) is 8.93. The number of hydrogen-bond donors (Lipinski definition) is 2. The highest BCUT2D eigenvalue weighted by molar-refractivity contribution is 5.79. The van der Waals surface area contributed by atoms with E-state index in [4.69, 9.17) is 9.47 Å². The van der Waals surface area contributed by atoms with Crippen LogP contribution in [-0.4, -0.2) is 50.0 Å². The summed E-state index contributed by atoms with van der Waals surface area (Å²) in [6.07, 6.45) is 5.27. The van der Waals surface area contributed by atoms with Gasteiger partial charge in [0.25, 0.3) is 5.56 Å². The van der Waals surface area contributed by atoms with E-state index in [1.54, 1.807) is 29.9 Å². The first-order valence-electron chi connectivity index (χ1n) is 10.6. The minimum Gasteiger partial charge on any atom is -0.379 e. The van der Waals surface area contributed by atoms with Gasteiger partial charge in [-0.15, -0.1) is 0 Å². The van der Waals surface area contributed by atoms with Crippen LogP contribution in [-0.2, 0) is 22.6 Å². The van der Waals surface area contributed by atoms with Gasteiger partial charge in [0.05, 0.1) is 19.3 Å². The molecule has 1 aliphatic rings. The number of nitrogens with zero attached hydrogens (tertiary/aromatic N) is 2. The lowest BCUT2D eigenvalue weighted by molar-refractivity contribution is 0.0168. The van der Waals surface area contributed by atoms with Crippen molar-refractivity contribution < 1.29 is 9.47 Å². The predicted molar refractivity (Wildman–Crippen MR) is 119 cm³/mol. The Balaban J connectivity index is 1.33. The van der Waals surface area contributed by atoms with E-state index in [0.717, 1.165) is 56.1 Å². The molecule has 1 saturated heterocycles. The molecule has 3 rings (SSSR count). The Hall–Kier alpha value is -2.64. The summed E-state index contributed by atoms with van der Waals surface area (Å²) < 4.78 is 12.9. The molecule has 30 heavy (non-hydrogen) atoms. The molecule has 1 aromatic carbocycles. The highest BCUT2D eigenvalue weighted by Crippen LogP contribution is 2.11. The van der Waals surface area contributed by atoms with Gasteiger partial charge in [-0.25, -0.2) is 0 Å². The van der Waals surface area contributed by atoms with Gasteiger partial charge in [0.1, 0.15) is 0 Å². The summed E-state index contributed by atoms with van der Waals surface area (Å²) in [5.41, 5.74) is 2.26. The van der Waals surface area contributed by atoms with Crippen molar-refractivity contribution in [1.29, 1.82) is 0 Å². The number of nitrogens with one attached hydrogen (secondary N) is 2. The molecule has 2 N–H and O–H groups in total. The van der Waals surface area contributed by atoms with E-state index in [-0.39, 0.29) is 11.7 Å². The van der Waals surface area contributed by atoms with Gasteiger partial charge in [0.15, 0.2) is 5.96 Å². The van der Waals surface area contributed by atoms with Crippen LogP contribution in [0.2, 0.25) is 0 Å². The molecule has 0 saturated carbocycles. The van der Waals surface area contributed by atoms with Gasteiger partial charge in [-0.1, -0.05) is 30.3 Å². The zero-order valence-corrected chi connectivity index (χ0v) is 17.7. The lowest BCUT2D eigenvalue weighted by Crippen LogP contribution is -2.37. The maximum Gasteiger partial charge on any atom is 0.250 e. The lowest BCUT2D eigenvalue weighted by Gasteiger charge is -2.13. The molecule has 1 aliphatic heterocycles. The Morgan fingerprint density at radius 1 is 1.20 bits per heavy atom. The second-order valence-electron chi connectivity index (χ2n) is 7.40. The molecule has 2 aromatic rings. The molecular formula is C23H32N4O3. The first-order valence-corrected chi connectivity index (χ1v) is 10.6. The molecular weight excluding hydrogens is 380 g/mol. The number of ether oxygens (including phenoxy) is 2. The van der Waals surface area contributed by atoms with Crippen molar-refractivity contribution in [2.45, 2.75) is 38.5 Å². The number of rotatable bonds is 10. The molecule has 0 bridgehead atoms. The quantitative estimate of drug-likeness (QED) is 0.355. The van der Waals surface area contributed by atoms with Gasteiger partial charge < -0.3 is 24.7 Å². The van der Waals surface area contributed by atoms with Crippen molar-refractivity contribution >= 4 is 5.96 Å². The van der Waals surface area contributed by atoms with E-state index in [0.29, 0.717) is 19.7 Å². The van der Waals surface area contributed by atoms with E-state index in [1.165, 1.54) is 0 Å². The van der Waals surface area contributed by atoms with Crippen LogP contribution in [0, 0.1) is 0 Å². The fourth-order valence-corrected chi connectivity index (χ4v) is 3.33. The molecule has 0 spiro atoms. The monoisotopic (exact) mass is 412 g/mol.